The number of nitrogens with one attached hydrogen (secondary N) is 2. The topological polar surface area (TPSA) is 146 Å². The number of aromatic carboxylic acids is 1. The summed E-state index contributed by atoms with van der Waals surface area (Å²) in [5, 5.41) is 26.2. The van der Waals surface area contributed by atoms with Gasteiger partial charge in [-0.05, 0) is 70.8 Å². The number of carboxylic acids is 1. The van der Waals surface area contributed by atoms with E-state index >= 15 is 0 Å². The zero-order valence-electron chi connectivity index (χ0n) is 21.8. The molecule has 3 aromatic rings. The van der Waals surface area contributed by atoms with E-state index in [1.807, 2.05) is 23.6 Å². The molecule has 0 aromatic carbocycles. The number of carbonyl (C=O) groups is 2. The molecule has 1 saturated carbocycles. The van der Waals surface area contributed by atoms with Gasteiger partial charge in [-0.25, -0.2) is 14.8 Å². The number of pyridine rings is 1. The van der Waals surface area contributed by atoms with Crippen LogP contribution in [0.4, 0.5) is 11.8 Å². The van der Waals surface area contributed by atoms with Crippen LogP contribution in [0, 0.1) is 0 Å². The Balaban J connectivity index is 0.000000937. The largest absolute Gasteiger partial charge is 0.477 e. The monoisotopic (exact) mass is 521 g/mol. The zero-order valence-corrected chi connectivity index (χ0v) is 21.8. The van der Waals surface area contributed by atoms with Crippen molar-refractivity contribution in [3.05, 3.63) is 41.9 Å². The molecule has 3 fully saturated rings. The molecule has 4 N–H and O–H groups in total. The van der Waals surface area contributed by atoms with Gasteiger partial charge in [0.1, 0.15) is 17.2 Å². The SMILES string of the molecule is CNC.O=C(O)c1cc2cnc(Nc3ccc(C(=O)N4[C@@H]5CC[C@H]4CC(O)C5)cn3)nc2n1C1CCCC1. The maximum atomic E-state index is 13.1. The van der Waals surface area contributed by atoms with Crippen molar-refractivity contribution in [2.45, 2.75) is 75.6 Å². The lowest BCUT2D eigenvalue weighted by atomic mass is 9.99. The number of nitrogens with zero attached hydrogens (tertiary/aromatic N) is 5. The highest BCUT2D eigenvalue weighted by Gasteiger charge is 2.43. The third kappa shape index (κ3) is 5.08. The first-order valence-electron chi connectivity index (χ1n) is 13.3. The number of fused-ring (bicyclic) bond motifs is 3. The number of hydrogen-bond acceptors (Lipinski definition) is 8. The summed E-state index contributed by atoms with van der Waals surface area (Å²) in [4.78, 5) is 40.2. The van der Waals surface area contributed by atoms with E-state index in [0.717, 1.165) is 38.5 Å². The van der Waals surface area contributed by atoms with Crippen LogP contribution in [0.1, 0.15) is 78.3 Å². The van der Waals surface area contributed by atoms with Crippen LogP contribution < -0.4 is 10.6 Å². The molecule has 2 aliphatic heterocycles. The number of piperidine rings is 1. The third-order valence-corrected chi connectivity index (χ3v) is 7.68. The van der Waals surface area contributed by atoms with Gasteiger partial charge in [0.25, 0.3) is 5.91 Å². The average molecular weight is 522 g/mol. The Morgan fingerprint density at radius 3 is 2.26 bits per heavy atom. The van der Waals surface area contributed by atoms with Crippen molar-refractivity contribution in [2.75, 3.05) is 19.4 Å². The molecule has 38 heavy (non-hydrogen) atoms. The van der Waals surface area contributed by atoms with Gasteiger partial charge in [0.05, 0.1) is 11.7 Å². The Morgan fingerprint density at radius 1 is 0.974 bits per heavy atom. The van der Waals surface area contributed by atoms with Gasteiger partial charge < -0.3 is 30.3 Å². The second kappa shape index (κ2) is 11.0. The maximum Gasteiger partial charge on any atom is 0.352 e. The molecule has 3 aromatic heterocycles. The van der Waals surface area contributed by atoms with Gasteiger partial charge in [-0.3, -0.25) is 4.79 Å². The summed E-state index contributed by atoms with van der Waals surface area (Å²) in [6.45, 7) is 0. The van der Waals surface area contributed by atoms with Crippen molar-refractivity contribution in [2.24, 2.45) is 0 Å². The second-order valence-electron chi connectivity index (χ2n) is 10.4. The Labute approximate surface area is 221 Å². The Morgan fingerprint density at radius 2 is 1.66 bits per heavy atom. The van der Waals surface area contributed by atoms with E-state index in [0.29, 0.717) is 41.2 Å². The van der Waals surface area contributed by atoms with Crippen LogP contribution in [0.2, 0.25) is 0 Å². The number of hydrogen-bond donors (Lipinski definition) is 4. The number of aliphatic hydroxyl groups excluding tert-OH is 1. The fourth-order valence-electron chi connectivity index (χ4n) is 6.10. The average Bonchev–Trinajstić information content (AvgIpc) is 3.61. The molecule has 0 spiro atoms. The number of aliphatic hydroxyl groups is 1. The van der Waals surface area contributed by atoms with E-state index in [-0.39, 0.29) is 35.8 Å². The molecule has 11 heteroatoms. The second-order valence-corrected chi connectivity index (χ2v) is 10.4. The maximum absolute atomic E-state index is 13.1. The van der Waals surface area contributed by atoms with Crippen molar-refractivity contribution >= 4 is 34.7 Å². The van der Waals surface area contributed by atoms with Crippen LogP contribution in [-0.2, 0) is 0 Å². The van der Waals surface area contributed by atoms with Crippen LogP contribution in [0.3, 0.4) is 0 Å². The van der Waals surface area contributed by atoms with Gasteiger partial charge in [0, 0.05) is 35.9 Å². The predicted molar refractivity (Wildman–Crippen MR) is 143 cm³/mol. The first kappa shape index (κ1) is 26.1. The standard InChI is InChI=1S/C25H28N6O4.C2H7N/c32-19-10-17-6-7-18(11-19)30(17)23(33)14-5-8-21(26-12-14)28-25-27-13-15-9-20(24(34)35)31(22(15)29-25)16-3-1-2-4-16;1-3-2/h5,8-9,12-13,16-19,32H,1-4,6-7,10-11H2,(H,34,35)(H,26,27,28,29);3H,1-2H3/t17-,18+,19?;. The molecule has 1 unspecified atom stereocenters. The molecule has 3 aliphatic rings. The van der Waals surface area contributed by atoms with Crippen LogP contribution in [-0.4, -0.2) is 78.8 Å². The molecule has 202 valence electrons. The van der Waals surface area contributed by atoms with E-state index in [1.165, 1.54) is 0 Å². The normalized spacial score (nSPS) is 22.8. The summed E-state index contributed by atoms with van der Waals surface area (Å²) in [6, 6.07) is 5.41. The smallest absolute Gasteiger partial charge is 0.352 e. The Bertz CT molecular complexity index is 1290. The molecule has 6 rings (SSSR count). The predicted octanol–water partition coefficient (Wildman–Crippen LogP) is 3.35. The van der Waals surface area contributed by atoms with Gasteiger partial charge in [-0.2, -0.15) is 4.98 Å². The van der Waals surface area contributed by atoms with Gasteiger partial charge in [0.15, 0.2) is 0 Å². The highest BCUT2D eigenvalue weighted by Crippen LogP contribution is 2.37. The van der Waals surface area contributed by atoms with Crippen molar-refractivity contribution in [3.8, 4) is 0 Å². The molecule has 3 atom stereocenters. The minimum absolute atomic E-state index is 0.0447. The third-order valence-electron chi connectivity index (χ3n) is 7.68. The zero-order chi connectivity index (χ0) is 26.8. The first-order chi connectivity index (χ1) is 18.4. The minimum atomic E-state index is -0.969. The molecule has 5 heterocycles. The molecular formula is C27H35N7O4. The van der Waals surface area contributed by atoms with E-state index in [4.69, 9.17) is 0 Å². The lowest BCUT2D eigenvalue weighted by Gasteiger charge is -2.37. The Hall–Kier alpha value is -3.57. The van der Waals surface area contributed by atoms with Crippen molar-refractivity contribution in [1.29, 1.82) is 0 Å². The highest BCUT2D eigenvalue weighted by atomic mass is 16.4. The summed E-state index contributed by atoms with van der Waals surface area (Å²) in [5.74, 6) is -0.198. The van der Waals surface area contributed by atoms with Crippen molar-refractivity contribution in [1.82, 2.24) is 29.7 Å². The van der Waals surface area contributed by atoms with Gasteiger partial charge >= 0.3 is 5.97 Å². The summed E-state index contributed by atoms with van der Waals surface area (Å²) in [5.41, 5.74) is 1.35. The van der Waals surface area contributed by atoms with Gasteiger partial charge in [-0.15, -0.1) is 0 Å². The van der Waals surface area contributed by atoms with Crippen LogP contribution in [0.5, 0.6) is 0 Å². The summed E-state index contributed by atoms with van der Waals surface area (Å²) >= 11 is 0. The summed E-state index contributed by atoms with van der Waals surface area (Å²) in [7, 11) is 3.75. The summed E-state index contributed by atoms with van der Waals surface area (Å²) < 4.78 is 1.83. The number of amides is 1. The molecule has 0 radical (unpaired) electrons. The number of rotatable bonds is 5. The molecule has 2 saturated heterocycles. The molecule has 11 nitrogen and oxygen atoms in total. The van der Waals surface area contributed by atoms with Crippen molar-refractivity contribution in [3.63, 3.8) is 0 Å². The van der Waals surface area contributed by atoms with Crippen LogP contribution >= 0.6 is 0 Å². The lowest BCUT2D eigenvalue weighted by Crippen LogP contribution is -2.48. The van der Waals surface area contributed by atoms with Gasteiger partial charge in [-0.1, -0.05) is 12.8 Å². The van der Waals surface area contributed by atoms with E-state index in [2.05, 4.69) is 25.6 Å². The van der Waals surface area contributed by atoms with Gasteiger partial charge in [0.2, 0.25) is 5.95 Å². The van der Waals surface area contributed by atoms with Crippen molar-refractivity contribution < 1.29 is 19.8 Å². The van der Waals surface area contributed by atoms with Crippen LogP contribution in [0.15, 0.2) is 30.6 Å². The minimum Gasteiger partial charge on any atom is -0.477 e. The van der Waals surface area contributed by atoms with E-state index in [1.54, 1.807) is 30.6 Å². The molecule has 1 amide bonds. The Kier molecular flexibility index (Phi) is 7.57. The molecule has 2 bridgehead atoms. The number of aromatic nitrogens is 4. The molecule has 1 aliphatic carbocycles. The first-order valence-corrected chi connectivity index (χ1v) is 13.3. The quantitative estimate of drug-likeness (QED) is 0.397. The van der Waals surface area contributed by atoms with Crippen LogP contribution in [0.25, 0.3) is 11.0 Å². The number of anilines is 2. The summed E-state index contributed by atoms with van der Waals surface area (Å²) in [6.07, 6.45) is 10.0. The molecular weight excluding hydrogens is 486 g/mol. The fraction of sp³-hybridized carbons (Fsp3) is 0.519. The highest BCUT2D eigenvalue weighted by molar-refractivity contribution is 5.95. The number of carboxylic acid groups (broad SMARTS) is 1. The lowest BCUT2D eigenvalue weighted by molar-refractivity contribution is 0.0286. The fourth-order valence-corrected chi connectivity index (χ4v) is 6.10. The number of carbonyl (C=O) groups excluding carboxylic acids is 1. The van der Waals surface area contributed by atoms with E-state index in [9.17, 15) is 19.8 Å². The van der Waals surface area contributed by atoms with E-state index < -0.39 is 5.97 Å².